The summed E-state index contributed by atoms with van der Waals surface area (Å²) in [5, 5.41) is 19.6. The Kier molecular flexibility index (Phi) is 9.68. The summed E-state index contributed by atoms with van der Waals surface area (Å²) in [7, 11) is 0. The summed E-state index contributed by atoms with van der Waals surface area (Å²) in [5.74, 6) is 0.564. The monoisotopic (exact) mass is 561 g/mol. The van der Waals surface area contributed by atoms with Crippen molar-refractivity contribution in [3.63, 3.8) is 0 Å². The lowest BCUT2D eigenvalue weighted by Crippen LogP contribution is -2.55. The van der Waals surface area contributed by atoms with E-state index in [1.54, 1.807) is 48.5 Å². The topological polar surface area (TPSA) is 112 Å². The molecule has 0 aromatic heterocycles. The van der Waals surface area contributed by atoms with Crippen LogP contribution in [0.4, 0.5) is 0 Å². The van der Waals surface area contributed by atoms with E-state index in [1.165, 1.54) is 0 Å². The normalized spacial score (nSPS) is 24.8. The van der Waals surface area contributed by atoms with Gasteiger partial charge in [0.15, 0.2) is 11.6 Å². The second-order valence-electron chi connectivity index (χ2n) is 9.55. The number of carbonyl (C=O) groups excluding carboxylic acids is 1. The summed E-state index contributed by atoms with van der Waals surface area (Å²) < 4.78 is 12.0. The number of aliphatic hydroxyl groups is 2. The van der Waals surface area contributed by atoms with Crippen molar-refractivity contribution in [1.29, 1.82) is 0 Å². The van der Waals surface area contributed by atoms with Gasteiger partial charge in [0, 0.05) is 46.7 Å². The number of hydrogen-bond acceptors (Lipinski definition) is 7. The highest BCUT2D eigenvalue weighted by molar-refractivity contribution is 6.35. The van der Waals surface area contributed by atoms with Crippen molar-refractivity contribution in [1.82, 2.24) is 10.9 Å². The number of nitrogens with one attached hydrogen (secondary N) is 2. The van der Waals surface area contributed by atoms with Crippen LogP contribution in [0, 0.1) is 0 Å². The number of halogens is 2. The molecular weight excluding hydrogens is 529 g/mol. The zero-order chi connectivity index (χ0) is 27.1. The largest absolute Gasteiger partial charge is 0.494 e. The van der Waals surface area contributed by atoms with E-state index in [4.69, 9.17) is 42.8 Å². The molecule has 2 atom stereocenters. The Hall–Kier alpha value is -2.62. The fraction of sp³-hybridized carbons (Fsp3) is 0.429. The molecule has 1 fully saturated rings. The fourth-order valence-corrected chi connectivity index (χ4v) is 5.23. The smallest absolute Gasteiger partial charge is 0.266 e. The van der Waals surface area contributed by atoms with Gasteiger partial charge in [-0.05, 0) is 62.1 Å². The van der Waals surface area contributed by atoms with Crippen LogP contribution in [0.2, 0.25) is 10.0 Å². The summed E-state index contributed by atoms with van der Waals surface area (Å²) in [4.78, 5) is 18.7. The Balaban J connectivity index is 1.64. The summed E-state index contributed by atoms with van der Waals surface area (Å²) in [6.07, 6.45) is 4.10. The molecule has 0 spiro atoms. The Morgan fingerprint density at radius 1 is 1.18 bits per heavy atom. The third-order valence-electron chi connectivity index (χ3n) is 6.82. The van der Waals surface area contributed by atoms with Gasteiger partial charge in [-0.15, -0.1) is 6.58 Å². The maximum absolute atomic E-state index is 13.8. The minimum atomic E-state index is -1.38. The lowest BCUT2D eigenvalue weighted by atomic mass is 9.84. The van der Waals surface area contributed by atoms with Crippen molar-refractivity contribution in [3.8, 4) is 5.75 Å². The average molecular weight is 562 g/mol. The molecule has 1 amide bonds. The zero-order valence-electron chi connectivity index (χ0n) is 21.0. The van der Waals surface area contributed by atoms with Crippen molar-refractivity contribution in [2.45, 2.75) is 62.3 Å². The maximum atomic E-state index is 13.8. The first-order chi connectivity index (χ1) is 18.4. The molecule has 1 heterocycles. The molecule has 1 aliphatic heterocycles. The summed E-state index contributed by atoms with van der Waals surface area (Å²) in [6.45, 7) is 4.34. The summed E-state index contributed by atoms with van der Waals surface area (Å²) >= 11 is 12.7. The summed E-state index contributed by atoms with van der Waals surface area (Å²) in [5.41, 5.74) is 5.85. The van der Waals surface area contributed by atoms with E-state index in [0.29, 0.717) is 58.7 Å². The standard InChI is InChI=1S/C28H33Cl2N3O5/c1-2-14-28(27(36)33-32-20-7-9-21(35)10-8-20)25(23-13-6-19(29)17-24(23)30)38-26(31-28)18-4-11-22(12-5-18)37-16-3-15-34/h2,4-6,11-13,17,20-21,25,32,34-35H,1,3,7-10,14-16H2,(H,33,36)/t20?,21?,25-,28-/m0/s1. The molecule has 4 rings (SSSR count). The molecule has 10 heteroatoms. The van der Waals surface area contributed by atoms with E-state index in [-0.39, 0.29) is 31.1 Å². The van der Waals surface area contributed by atoms with E-state index in [2.05, 4.69) is 17.4 Å². The van der Waals surface area contributed by atoms with E-state index >= 15 is 0 Å². The van der Waals surface area contributed by atoms with Crippen LogP contribution < -0.4 is 15.6 Å². The molecule has 38 heavy (non-hydrogen) atoms. The van der Waals surface area contributed by atoms with Crippen LogP contribution in [0.5, 0.6) is 5.75 Å². The number of benzene rings is 2. The van der Waals surface area contributed by atoms with Crippen LogP contribution in [-0.2, 0) is 9.53 Å². The Bertz CT molecular complexity index is 1150. The Morgan fingerprint density at radius 2 is 1.92 bits per heavy atom. The van der Waals surface area contributed by atoms with Crippen LogP contribution in [-0.4, -0.2) is 52.9 Å². The van der Waals surface area contributed by atoms with E-state index < -0.39 is 11.6 Å². The van der Waals surface area contributed by atoms with Gasteiger partial charge < -0.3 is 19.7 Å². The van der Waals surface area contributed by atoms with Crippen molar-refractivity contribution < 1.29 is 24.5 Å². The molecule has 4 N–H and O–H groups in total. The van der Waals surface area contributed by atoms with E-state index in [0.717, 1.165) is 12.8 Å². The van der Waals surface area contributed by atoms with E-state index in [1.807, 2.05) is 0 Å². The SMILES string of the molecule is C=CC[C@]1(C(=O)NNC2CCC(O)CC2)N=C(c2ccc(OCCCO)cc2)O[C@H]1c1ccc(Cl)cc1Cl. The van der Waals surface area contributed by atoms with Gasteiger partial charge in [0.1, 0.15) is 5.75 Å². The third-order valence-corrected chi connectivity index (χ3v) is 7.38. The second-order valence-corrected chi connectivity index (χ2v) is 10.4. The van der Waals surface area contributed by atoms with Crippen molar-refractivity contribution in [3.05, 3.63) is 76.3 Å². The highest BCUT2D eigenvalue weighted by Crippen LogP contribution is 2.45. The Labute approximate surface area is 232 Å². The first-order valence-corrected chi connectivity index (χ1v) is 13.5. The summed E-state index contributed by atoms with van der Waals surface area (Å²) in [6, 6.07) is 12.3. The van der Waals surface area contributed by atoms with Crippen molar-refractivity contribution in [2.75, 3.05) is 13.2 Å². The number of carbonyl (C=O) groups is 1. The molecule has 1 saturated carbocycles. The predicted octanol–water partition coefficient (Wildman–Crippen LogP) is 4.51. The van der Waals surface area contributed by atoms with Crippen LogP contribution in [0.3, 0.4) is 0 Å². The minimum absolute atomic E-state index is 0.0462. The van der Waals surface area contributed by atoms with Crippen molar-refractivity contribution >= 4 is 35.0 Å². The van der Waals surface area contributed by atoms with Crippen LogP contribution in [0.25, 0.3) is 0 Å². The van der Waals surface area contributed by atoms with Gasteiger partial charge in [-0.1, -0.05) is 35.3 Å². The Morgan fingerprint density at radius 3 is 2.58 bits per heavy atom. The highest BCUT2D eigenvalue weighted by Gasteiger charge is 2.53. The zero-order valence-corrected chi connectivity index (χ0v) is 22.5. The number of aliphatic hydroxyl groups excluding tert-OH is 2. The lowest BCUT2D eigenvalue weighted by Gasteiger charge is -2.32. The number of ether oxygens (including phenoxy) is 2. The highest BCUT2D eigenvalue weighted by atomic mass is 35.5. The molecule has 8 nitrogen and oxygen atoms in total. The fourth-order valence-electron chi connectivity index (χ4n) is 4.72. The van der Waals surface area contributed by atoms with Gasteiger partial charge in [0.25, 0.3) is 5.91 Å². The third kappa shape index (κ3) is 6.50. The molecule has 0 bridgehead atoms. The van der Waals surface area contributed by atoms with Gasteiger partial charge in [-0.25, -0.2) is 10.4 Å². The van der Waals surface area contributed by atoms with Crippen molar-refractivity contribution in [2.24, 2.45) is 4.99 Å². The molecule has 204 valence electrons. The first-order valence-electron chi connectivity index (χ1n) is 12.8. The number of aliphatic imine (C=N–C) groups is 1. The quantitative estimate of drug-likeness (QED) is 0.182. The van der Waals surface area contributed by atoms with Gasteiger partial charge >= 0.3 is 0 Å². The molecular formula is C28H33Cl2N3O5. The van der Waals surface area contributed by atoms with Gasteiger partial charge in [0.2, 0.25) is 5.90 Å². The number of amides is 1. The maximum Gasteiger partial charge on any atom is 0.266 e. The lowest BCUT2D eigenvalue weighted by molar-refractivity contribution is -0.130. The predicted molar refractivity (Wildman–Crippen MR) is 148 cm³/mol. The molecule has 0 unspecified atom stereocenters. The molecule has 2 aliphatic rings. The number of hydrogen-bond donors (Lipinski definition) is 4. The molecule has 2 aromatic carbocycles. The molecule has 2 aromatic rings. The average Bonchev–Trinajstić information content (AvgIpc) is 3.29. The second kappa shape index (κ2) is 13.0. The van der Waals surface area contributed by atoms with Gasteiger partial charge in [-0.2, -0.15) is 0 Å². The minimum Gasteiger partial charge on any atom is -0.494 e. The van der Waals surface area contributed by atoms with Crippen LogP contribution in [0.1, 0.15) is 55.8 Å². The number of nitrogens with zero attached hydrogens (tertiary/aromatic N) is 1. The van der Waals surface area contributed by atoms with Crippen LogP contribution >= 0.6 is 23.2 Å². The van der Waals surface area contributed by atoms with Crippen LogP contribution in [0.15, 0.2) is 60.1 Å². The molecule has 0 radical (unpaired) electrons. The molecule has 1 aliphatic carbocycles. The molecule has 0 saturated heterocycles. The van der Waals surface area contributed by atoms with Gasteiger partial charge in [0.05, 0.1) is 12.7 Å². The van der Waals surface area contributed by atoms with E-state index in [9.17, 15) is 9.90 Å². The number of hydrazine groups is 1. The first kappa shape index (κ1) is 28.4. The number of rotatable bonds is 11. The van der Waals surface area contributed by atoms with Gasteiger partial charge in [-0.3, -0.25) is 10.2 Å².